The van der Waals surface area contributed by atoms with E-state index in [1.807, 2.05) is 19.9 Å². The molecule has 150 valence electrons. The first-order valence-electron chi connectivity index (χ1n) is 10.1. The number of ether oxygens (including phenoxy) is 1. The lowest BCUT2D eigenvalue weighted by Gasteiger charge is -2.55. The van der Waals surface area contributed by atoms with Crippen LogP contribution in [0.1, 0.15) is 67.2 Å². The number of allylic oxidation sites excluding steroid dienone is 1. The van der Waals surface area contributed by atoms with Gasteiger partial charge in [-0.2, -0.15) is 0 Å². The van der Waals surface area contributed by atoms with E-state index in [0.29, 0.717) is 18.8 Å². The molecule has 0 aromatic heterocycles. The third-order valence-electron chi connectivity index (χ3n) is 7.26. The molecule has 0 heterocycles. The van der Waals surface area contributed by atoms with Gasteiger partial charge in [-0.15, -0.1) is 0 Å². The highest BCUT2D eigenvalue weighted by atomic mass is 28.4. The van der Waals surface area contributed by atoms with E-state index >= 15 is 0 Å². The molecule has 4 nitrogen and oxygen atoms in total. The Morgan fingerprint density at radius 1 is 1.35 bits per heavy atom. The van der Waals surface area contributed by atoms with Crippen LogP contribution in [0.15, 0.2) is 11.8 Å². The molecule has 0 saturated heterocycles. The highest BCUT2D eigenvalue weighted by molar-refractivity contribution is 6.74. The maximum atomic E-state index is 12.9. The van der Waals surface area contributed by atoms with Gasteiger partial charge in [0.2, 0.25) is 8.32 Å². The first-order chi connectivity index (χ1) is 11.8. The minimum Gasteiger partial charge on any atom is -0.545 e. The number of aliphatic hydroxyl groups is 1. The molecule has 4 atom stereocenters. The van der Waals surface area contributed by atoms with Gasteiger partial charge in [-0.25, -0.2) is 0 Å². The van der Waals surface area contributed by atoms with Crippen LogP contribution in [0.5, 0.6) is 0 Å². The Balaban J connectivity index is 2.50. The van der Waals surface area contributed by atoms with Crippen molar-refractivity contribution < 1.29 is 19.1 Å². The van der Waals surface area contributed by atoms with Gasteiger partial charge in [-0.05, 0) is 56.8 Å². The average Bonchev–Trinajstić information content (AvgIpc) is 2.51. The smallest absolute Gasteiger partial charge is 0.312 e. The lowest BCUT2D eigenvalue weighted by molar-refractivity contribution is -0.178. The lowest BCUT2D eigenvalue weighted by atomic mass is 9.54. The SMILES string of the molecule is CCOC(=O)[C@]1(C)[C@H](C)C=C(O[Si](C)(C)C(C)(C)C)[C@]2(O)CCCC[C@@H]12. The van der Waals surface area contributed by atoms with Crippen molar-refractivity contribution in [3.8, 4) is 0 Å². The van der Waals surface area contributed by atoms with Crippen molar-refractivity contribution in [1.82, 2.24) is 0 Å². The van der Waals surface area contributed by atoms with Gasteiger partial charge in [0, 0.05) is 5.92 Å². The van der Waals surface area contributed by atoms with Crippen LogP contribution in [0.3, 0.4) is 0 Å². The number of hydrogen-bond donors (Lipinski definition) is 1. The average molecular weight is 383 g/mol. The van der Waals surface area contributed by atoms with Crippen LogP contribution in [-0.2, 0) is 14.0 Å². The molecule has 0 aliphatic heterocycles. The predicted molar refractivity (Wildman–Crippen MR) is 107 cm³/mol. The highest BCUT2D eigenvalue weighted by Gasteiger charge is 2.61. The van der Waals surface area contributed by atoms with Crippen LogP contribution in [0.25, 0.3) is 0 Å². The van der Waals surface area contributed by atoms with Gasteiger partial charge in [0.25, 0.3) is 0 Å². The predicted octanol–water partition coefficient (Wildman–Crippen LogP) is 5.03. The van der Waals surface area contributed by atoms with Crippen LogP contribution in [0.4, 0.5) is 0 Å². The van der Waals surface area contributed by atoms with E-state index < -0.39 is 19.3 Å². The Kier molecular flexibility index (Phi) is 5.76. The molecule has 26 heavy (non-hydrogen) atoms. The third kappa shape index (κ3) is 3.37. The minimum atomic E-state index is -2.08. The normalized spacial score (nSPS) is 35.3. The maximum Gasteiger partial charge on any atom is 0.312 e. The molecule has 5 heteroatoms. The molecule has 0 aromatic rings. The molecule has 2 aliphatic rings. The zero-order valence-electron chi connectivity index (χ0n) is 17.9. The summed E-state index contributed by atoms with van der Waals surface area (Å²) in [6.45, 7) is 17.3. The summed E-state index contributed by atoms with van der Waals surface area (Å²) in [5.74, 6) is 0.316. The van der Waals surface area contributed by atoms with E-state index in [1.54, 1.807) is 0 Å². The number of hydrogen-bond acceptors (Lipinski definition) is 4. The van der Waals surface area contributed by atoms with E-state index in [9.17, 15) is 9.90 Å². The molecule has 0 unspecified atom stereocenters. The van der Waals surface area contributed by atoms with Crippen LogP contribution in [0, 0.1) is 17.3 Å². The summed E-state index contributed by atoms with van der Waals surface area (Å²) in [5.41, 5.74) is -1.78. The topological polar surface area (TPSA) is 55.8 Å². The first-order valence-corrected chi connectivity index (χ1v) is 13.0. The van der Waals surface area contributed by atoms with Crippen molar-refractivity contribution in [3.05, 3.63) is 11.8 Å². The summed E-state index contributed by atoms with van der Waals surface area (Å²) < 4.78 is 12.0. The van der Waals surface area contributed by atoms with Crippen molar-refractivity contribution >= 4 is 14.3 Å². The molecule has 0 amide bonds. The number of carbonyl (C=O) groups excluding carboxylic acids is 1. The minimum absolute atomic E-state index is 0.0373. The molecule has 0 spiro atoms. The number of fused-ring (bicyclic) bond motifs is 1. The fourth-order valence-corrected chi connectivity index (χ4v) is 5.37. The van der Waals surface area contributed by atoms with Crippen LogP contribution < -0.4 is 0 Å². The van der Waals surface area contributed by atoms with Gasteiger partial charge in [0.05, 0.1) is 12.0 Å². The third-order valence-corrected chi connectivity index (χ3v) is 11.6. The van der Waals surface area contributed by atoms with E-state index in [2.05, 4.69) is 40.8 Å². The van der Waals surface area contributed by atoms with E-state index in [4.69, 9.17) is 9.16 Å². The van der Waals surface area contributed by atoms with E-state index in [-0.39, 0.29) is 22.8 Å². The first kappa shape index (κ1) is 21.5. The molecule has 0 bridgehead atoms. The summed E-state index contributed by atoms with van der Waals surface area (Å²) in [5, 5.41) is 11.8. The van der Waals surface area contributed by atoms with Gasteiger partial charge in [-0.1, -0.05) is 40.5 Å². The molecular weight excluding hydrogens is 344 g/mol. The molecule has 0 aromatic carbocycles. The summed E-state index contributed by atoms with van der Waals surface area (Å²) in [6, 6.07) is 0. The Bertz CT molecular complexity index is 577. The van der Waals surface area contributed by atoms with Crippen molar-refractivity contribution in [2.75, 3.05) is 6.61 Å². The van der Waals surface area contributed by atoms with Gasteiger partial charge >= 0.3 is 5.97 Å². The fourth-order valence-electron chi connectivity index (χ4n) is 4.27. The Labute approximate surface area is 160 Å². The van der Waals surface area contributed by atoms with Crippen molar-refractivity contribution in [1.29, 1.82) is 0 Å². The largest absolute Gasteiger partial charge is 0.545 e. The fraction of sp³-hybridized carbons (Fsp3) is 0.857. The summed E-state index contributed by atoms with van der Waals surface area (Å²) in [7, 11) is -2.08. The van der Waals surface area contributed by atoms with E-state index in [0.717, 1.165) is 19.3 Å². The molecule has 1 saturated carbocycles. The van der Waals surface area contributed by atoms with Gasteiger partial charge < -0.3 is 14.3 Å². The van der Waals surface area contributed by atoms with E-state index in [1.165, 1.54) is 0 Å². The standard InChI is InChI=1S/C21H38O4Si/c1-9-24-18(22)20(6)15(2)14-17(25-26(7,8)19(3,4)5)21(23)13-11-10-12-16(20)21/h14-16,23H,9-13H2,1-8H3/t15-,16+,20-,21+/m1/s1. The molecule has 1 fully saturated rings. The number of esters is 1. The van der Waals surface area contributed by atoms with Crippen LogP contribution >= 0.6 is 0 Å². The zero-order valence-corrected chi connectivity index (χ0v) is 18.9. The van der Waals surface area contributed by atoms with Gasteiger partial charge in [0.15, 0.2) is 0 Å². The summed E-state index contributed by atoms with van der Waals surface area (Å²) in [4.78, 5) is 12.9. The molecule has 2 aliphatic carbocycles. The van der Waals surface area contributed by atoms with Gasteiger partial charge in [0.1, 0.15) is 11.4 Å². The molecule has 2 rings (SSSR count). The second kappa shape index (κ2) is 6.97. The molecule has 0 radical (unpaired) electrons. The number of carbonyl (C=O) groups is 1. The Hall–Kier alpha value is -0.813. The zero-order chi connectivity index (χ0) is 20.0. The lowest BCUT2D eigenvalue weighted by Crippen LogP contribution is -2.60. The molecule has 1 N–H and O–H groups in total. The Morgan fingerprint density at radius 3 is 2.50 bits per heavy atom. The monoisotopic (exact) mass is 382 g/mol. The maximum absolute atomic E-state index is 12.9. The second-order valence-electron chi connectivity index (χ2n) is 9.91. The Morgan fingerprint density at radius 2 is 1.96 bits per heavy atom. The van der Waals surface area contributed by atoms with Crippen LogP contribution in [0.2, 0.25) is 18.1 Å². The quantitative estimate of drug-likeness (QED) is 0.547. The van der Waals surface area contributed by atoms with Crippen molar-refractivity contribution in [2.45, 2.75) is 91.0 Å². The van der Waals surface area contributed by atoms with Crippen LogP contribution in [-0.4, -0.2) is 31.6 Å². The van der Waals surface area contributed by atoms with Crippen molar-refractivity contribution in [2.24, 2.45) is 17.3 Å². The summed E-state index contributed by atoms with van der Waals surface area (Å²) in [6.07, 6.45) is 5.48. The second-order valence-corrected chi connectivity index (χ2v) is 14.6. The number of rotatable bonds is 4. The van der Waals surface area contributed by atoms with Gasteiger partial charge in [-0.3, -0.25) is 4.79 Å². The van der Waals surface area contributed by atoms with Crippen molar-refractivity contribution in [3.63, 3.8) is 0 Å². The molecular formula is C21H38O4Si. The highest BCUT2D eigenvalue weighted by Crippen LogP contribution is 2.57. The summed E-state index contributed by atoms with van der Waals surface area (Å²) >= 11 is 0.